The van der Waals surface area contributed by atoms with Crippen LogP contribution in [0.2, 0.25) is 0 Å². The number of hydrogen-bond donors (Lipinski definition) is 1. The predicted octanol–water partition coefficient (Wildman–Crippen LogP) is 1.05. The lowest BCUT2D eigenvalue weighted by atomic mass is 9.82. The summed E-state index contributed by atoms with van der Waals surface area (Å²) in [5.74, 6) is -3.79. The number of carboxylic acid groups (broad SMARTS) is 1. The number of carbonyl (C=O) groups is 3. The first-order chi connectivity index (χ1) is 11.0. The lowest BCUT2D eigenvalue weighted by Gasteiger charge is -2.27. The Morgan fingerprint density at radius 1 is 1.30 bits per heavy atom. The van der Waals surface area contributed by atoms with Crippen molar-refractivity contribution < 1.29 is 24.2 Å². The molecule has 0 radical (unpaired) electrons. The normalized spacial score (nSPS) is 27.9. The van der Waals surface area contributed by atoms with Gasteiger partial charge in [-0.25, -0.2) is 4.79 Å². The van der Waals surface area contributed by atoms with Crippen molar-refractivity contribution in [3.63, 3.8) is 0 Å². The second kappa shape index (κ2) is 6.16. The number of carboxylic acids is 1. The van der Waals surface area contributed by atoms with Gasteiger partial charge in [0.2, 0.25) is 5.91 Å². The Hall–Kier alpha value is -2.15. The van der Waals surface area contributed by atoms with Crippen molar-refractivity contribution in [2.45, 2.75) is 13.3 Å². The molecule has 1 aromatic heterocycles. The second-order valence-corrected chi connectivity index (χ2v) is 6.61. The van der Waals surface area contributed by atoms with E-state index >= 15 is 0 Å². The number of esters is 1. The summed E-state index contributed by atoms with van der Waals surface area (Å²) in [6.07, 6.45) is 4.41. The number of hydrogen-bond acceptors (Lipinski definition) is 6. The van der Waals surface area contributed by atoms with Crippen molar-refractivity contribution in [2.24, 2.45) is 23.7 Å². The van der Waals surface area contributed by atoms with Crippen LogP contribution >= 0.6 is 11.3 Å². The van der Waals surface area contributed by atoms with Gasteiger partial charge in [0.05, 0.1) is 18.1 Å². The molecule has 7 heteroatoms. The summed E-state index contributed by atoms with van der Waals surface area (Å²) in [6, 6.07) is 1.58. The van der Waals surface area contributed by atoms with Gasteiger partial charge in [0, 0.05) is 11.9 Å². The van der Waals surface area contributed by atoms with Gasteiger partial charge in [0.25, 0.3) is 0 Å². The molecule has 2 aliphatic carbocycles. The van der Waals surface area contributed by atoms with Crippen LogP contribution in [0.15, 0.2) is 23.6 Å². The molecular weight excluding hydrogens is 318 g/mol. The van der Waals surface area contributed by atoms with Gasteiger partial charge in [-0.1, -0.05) is 12.2 Å². The molecule has 23 heavy (non-hydrogen) atoms. The minimum Gasteiger partial charge on any atom is -0.550 e. The Kier molecular flexibility index (Phi) is 4.21. The summed E-state index contributed by atoms with van der Waals surface area (Å²) in [4.78, 5) is 35.8. The molecule has 1 N–H and O–H groups in total. The maximum absolute atomic E-state index is 12.6. The molecule has 0 spiro atoms. The van der Waals surface area contributed by atoms with Crippen LogP contribution in [0.4, 0.5) is 5.00 Å². The smallest absolute Gasteiger partial charge is 0.341 e. The number of aliphatic carboxylic acids is 1. The van der Waals surface area contributed by atoms with Crippen molar-refractivity contribution in [3.05, 3.63) is 29.2 Å². The fraction of sp³-hybridized carbons (Fsp3) is 0.438. The first kappa shape index (κ1) is 15.7. The van der Waals surface area contributed by atoms with E-state index in [-0.39, 0.29) is 29.9 Å². The van der Waals surface area contributed by atoms with E-state index in [9.17, 15) is 19.5 Å². The van der Waals surface area contributed by atoms with E-state index in [0.717, 1.165) is 0 Å². The van der Waals surface area contributed by atoms with E-state index in [1.54, 1.807) is 18.4 Å². The molecule has 1 fully saturated rings. The molecule has 2 bridgehead atoms. The number of rotatable bonds is 5. The maximum Gasteiger partial charge on any atom is 0.341 e. The SMILES string of the molecule is CCOC(=O)c1ccsc1NC(=O)[C@@H]1[C@@H](C(=O)[O-])[C@H]2C=C[C@@H]1C2. The highest BCUT2D eigenvalue weighted by Gasteiger charge is 2.48. The number of allylic oxidation sites excluding steroid dienone is 2. The molecule has 0 aliphatic heterocycles. The van der Waals surface area contributed by atoms with E-state index < -0.39 is 23.8 Å². The van der Waals surface area contributed by atoms with Crippen LogP contribution in [-0.4, -0.2) is 24.5 Å². The molecule has 1 saturated carbocycles. The summed E-state index contributed by atoms with van der Waals surface area (Å²) in [7, 11) is 0. The Morgan fingerprint density at radius 2 is 2.00 bits per heavy atom. The van der Waals surface area contributed by atoms with Crippen molar-refractivity contribution in [1.82, 2.24) is 0 Å². The molecule has 1 amide bonds. The number of fused-ring (bicyclic) bond motifs is 2. The third-order valence-corrected chi connectivity index (χ3v) is 5.26. The summed E-state index contributed by atoms with van der Waals surface area (Å²) in [5, 5.41) is 16.1. The number of nitrogens with one attached hydrogen (secondary N) is 1. The first-order valence-electron chi connectivity index (χ1n) is 7.47. The maximum atomic E-state index is 12.6. The van der Waals surface area contributed by atoms with E-state index in [2.05, 4.69) is 5.32 Å². The summed E-state index contributed by atoms with van der Waals surface area (Å²) < 4.78 is 4.94. The summed E-state index contributed by atoms with van der Waals surface area (Å²) in [6.45, 7) is 1.95. The molecule has 1 aromatic rings. The molecule has 2 aliphatic rings. The molecule has 0 saturated heterocycles. The Labute approximate surface area is 137 Å². The zero-order valence-electron chi connectivity index (χ0n) is 12.5. The summed E-state index contributed by atoms with van der Waals surface area (Å²) in [5.41, 5.74) is 0.286. The van der Waals surface area contributed by atoms with Crippen molar-refractivity contribution in [1.29, 1.82) is 0 Å². The monoisotopic (exact) mass is 334 g/mol. The van der Waals surface area contributed by atoms with Gasteiger partial charge < -0.3 is 20.0 Å². The Bertz CT molecular complexity index is 680. The van der Waals surface area contributed by atoms with Crippen LogP contribution in [0.25, 0.3) is 0 Å². The molecule has 122 valence electrons. The lowest BCUT2D eigenvalue weighted by molar-refractivity contribution is -0.313. The fourth-order valence-corrected chi connectivity index (χ4v) is 4.25. The van der Waals surface area contributed by atoms with E-state index in [4.69, 9.17) is 4.74 Å². The van der Waals surface area contributed by atoms with Crippen LogP contribution in [-0.2, 0) is 14.3 Å². The van der Waals surface area contributed by atoms with E-state index in [1.165, 1.54) is 11.3 Å². The van der Waals surface area contributed by atoms with E-state index in [0.29, 0.717) is 11.4 Å². The number of anilines is 1. The molecule has 1 heterocycles. The number of thiophene rings is 1. The van der Waals surface area contributed by atoms with Gasteiger partial charge in [-0.15, -0.1) is 11.3 Å². The average Bonchev–Trinajstić information content (AvgIpc) is 3.21. The van der Waals surface area contributed by atoms with Crippen molar-refractivity contribution in [3.8, 4) is 0 Å². The number of amides is 1. The molecule has 4 atom stereocenters. The molecule has 6 nitrogen and oxygen atoms in total. The van der Waals surface area contributed by atoms with Crippen LogP contribution in [0.1, 0.15) is 23.7 Å². The van der Waals surface area contributed by atoms with Crippen LogP contribution in [0, 0.1) is 23.7 Å². The molecule has 3 rings (SSSR count). The minimum absolute atomic E-state index is 0.0890. The highest BCUT2D eigenvalue weighted by Crippen LogP contribution is 2.48. The van der Waals surface area contributed by atoms with Crippen LogP contribution in [0.3, 0.4) is 0 Å². The minimum atomic E-state index is -1.20. The quantitative estimate of drug-likeness (QED) is 0.641. The average molecular weight is 334 g/mol. The highest BCUT2D eigenvalue weighted by atomic mass is 32.1. The van der Waals surface area contributed by atoms with Gasteiger partial charge in [0.1, 0.15) is 5.00 Å². The highest BCUT2D eigenvalue weighted by molar-refractivity contribution is 7.14. The van der Waals surface area contributed by atoms with Gasteiger partial charge in [0.15, 0.2) is 0 Å². The summed E-state index contributed by atoms with van der Waals surface area (Å²) >= 11 is 1.21. The topological polar surface area (TPSA) is 95.5 Å². The van der Waals surface area contributed by atoms with Crippen LogP contribution in [0.5, 0.6) is 0 Å². The van der Waals surface area contributed by atoms with E-state index in [1.807, 2.05) is 12.2 Å². The van der Waals surface area contributed by atoms with Gasteiger partial charge >= 0.3 is 5.97 Å². The Balaban J connectivity index is 1.78. The first-order valence-corrected chi connectivity index (χ1v) is 8.35. The molecule has 0 aromatic carbocycles. The predicted molar refractivity (Wildman–Crippen MR) is 81.6 cm³/mol. The molecular formula is C16H16NO5S-. The third-order valence-electron chi connectivity index (χ3n) is 4.43. The van der Waals surface area contributed by atoms with Gasteiger partial charge in [-0.2, -0.15) is 0 Å². The zero-order valence-corrected chi connectivity index (χ0v) is 13.3. The third kappa shape index (κ3) is 2.76. The van der Waals surface area contributed by atoms with Crippen molar-refractivity contribution >= 4 is 34.2 Å². The van der Waals surface area contributed by atoms with Gasteiger partial charge in [-0.05, 0) is 36.6 Å². The Morgan fingerprint density at radius 3 is 2.65 bits per heavy atom. The number of ether oxygens (including phenoxy) is 1. The molecule has 0 unspecified atom stereocenters. The lowest BCUT2D eigenvalue weighted by Crippen LogP contribution is -2.42. The van der Waals surface area contributed by atoms with Crippen molar-refractivity contribution in [2.75, 3.05) is 11.9 Å². The zero-order chi connectivity index (χ0) is 16.6. The largest absolute Gasteiger partial charge is 0.550 e. The number of carbonyl (C=O) groups excluding carboxylic acids is 3. The second-order valence-electron chi connectivity index (χ2n) is 5.69. The standard InChI is InChI=1S/C16H17NO5S/c1-2-22-16(21)10-5-6-23-14(10)17-13(18)11-8-3-4-9(7-8)12(11)15(19)20/h3-6,8-9,11-12H,2,7H2,1H3,(H,17,18)(H,19,20)/p-1/t8-,9+,11+,12+/m1/s1. The fourth-order valence-electron chi connectivity index (χ4n) is 3.47. The van der Waals surface area contributed by atoms with Crippen LogP contribution < -0.4 is 10.4 Å². The van der Waals surface area contributed by atoms with Gasteiger partial charge in [-0.3, -0.25) is 4.79 Å².